The van der Waals surface area contributed by atoms with Crippen LogP contribution in [0.2, 0.25) is 0 Å². The maximum absolute atomic E-state index is 11.6. The van der Waals surface area contributed by atoms with Gasteiger partial charge in [-0.15, -0.1) is 0 Å². The first-order valence-corrected chi connectivity index (χ1v) is 8.35. The van der Waals surface area contributed by atoms with Gasteiger partial charge in [-0.2, -0.15) is 11.8 Å². The van der Waals surface area contributed by atoms with Crippen LogP contribution in [-0.4, -0.2) is 31.1 Å². The molecular weight excluding hydrogens is 272 g/mol. The van der Waals surface area contributed by atoms with Crippen LogP contribution in [-0.2, 0) is 4.79 Å². The average Bonchev–Trinajstić information content (AvgIpc) is 2.45. The van der Waals surface area contributed by atoms with Crippen molar-refractivity contribution in [1.82, 2.24) is 5.32 Å². The SMILES string of the molecule is CSCCCCCNC(=O)CCOc1ccc(N)cc1. The number of thioether (sulfide) groups is 1. The summed E-state index contributed by atoms with van der Waals surface area (Å²) >= 11 is 1.86. The molecule has 0 heterocycles. The molecule has 1 rings (SSSR count). The summed E-state index contributed by atoms with van der Waals surface area (Å²) in [7, 11) is 0. The zero-order valence-corrected chi connectivity index (χ0v) is 12.9. The highest BCUT2D eigenvalue weighted by Gasteiger charge is 2.01. The first-order valence-electron chi connectivity index (χ1n) is 6.96. The number of amides is 1. The zero-order valence-electron chi connectivity index (χ0n) is 12.1. The van der Waals surface area contributed by atoms with Crippen LogP contribution in [0, 0.1) is 0 Å². The van der Waals surface area contributed by atoms with E-state index in [0.717, 1.165) is 18.7 Å². The van der Waals surface area contributed by atoms with Gasteiger partial charge in [-0.05, 0) is 49.1 Å². The summed E-state index contributed by atoms with van der Waals surface area (Å²) in [5.41, 5.74) is 6.29. The van der Waals surface area contributed by atoms with Gasteiger partial charge in [0.15, 0.2) is 0 Å². The van der Waals surface area contributed by atoms with Gasteiger partial charge in [0.2, 0.25) is 5.91 Å². The quantitative estimate of drug-likeness (QED) is 0.515. The molecular formula is C15H24N2O2S. The lowest BCUT2D eigenvalue weighted by atomic mass is 10.2. The molecule has 4 nitrogen and oxygen atoms in total. The van der Waals surface area contributed by atoms with Crippen LogP contribution < -0.4 is 15.8 Å². The largest absolute Gasteiger partial charge is 0.493 e. The Hall–Kier alpha value is -1.36. The molecule has 0 spiro atoms. The average molecular weight is 296 g/mol. The predicted octanol–water partition coefficient (Wildman–Crippen LogP) is 2.69. The molecule has 0 aliphatic rings. The molecule has 1 amide bonds. The van der Waals surface area contributed by atoms with Crippen molar-refractivity contribution in [2.24, 2.45) is 0 Å². The Bertz CT molecular complexity index is 382. The number of rotatable bonds is 10. The zero-order chi connectivity index (χ0) is 14.6. The monoisotopic (exact) mass is 296 g/mol. The van der Waals surface area contributed by atoms with E-state index in [1.165, 1.54) is 18.6 Å². The summed E-state index contributed by atoms with van der Waals surface area (Å²) in [5.74, 6) is 1.98. The third-order valence-corrected chi connectivity index (χ3v) is 3.52. The van der Waals surface area contributed by atoms with E-state index < -0.39 is 0 Å². The lowest BCUT2D eigenvalue weighted by molar-refractivity contribution is -0.121. The minimum absolute atomic E-state index is 0.0466. The molecule has 1 aromatic rings. The van der Waals surface area contributed by atoms with E-state index in [-0.39, 0.29) is 5.91 Å². The number of nitrogens with two attached hydrogens (primary N) is 1. The van der Waals surface area contributed by atoms with E-state index in [2.05, 4.69) is 11.6 Å². The maximum Gasteiger partial charge on any atom is 0.223 e. The Labute approximate surface area is 125 Å². The molecule has 0 atom stereocenters. The van der Waals surface area contributed by atoms with Crippen LogP contribution in [0.15, 0.2) is 24.3 Å². The summed E-state index contributed by atoms with van der Waals surface area (Å²) in [4.78, 5) is 11.6. The fraction of sp³-hybridized carbons (Fsp3) is 0.533. The molecule has 0 saturated heterocycles. The fourth-order valence-corrected chi connectivity index (χ4v) is 2.18. The number of benzene rings is 1. The van der Waals surface area contributed by atoms with Crippen molar-refractivity contribution in [2.45, 2.75) is 25.7 Å². The van der Waals surface area contributed by atoms with Crippen molar-refractivity contribution in [3.63, 3.8) is 0 Å². The van der Waals surface area contributed by atoms with Crippen molar-refractivity contribution >= 4 is 23.4 Å². The maximum atomic E-state index is 11.6. The number of ether oxygens (including phenoxy) is 1. The van der Waals surface area contributed by atoms with E-state index in [4.69, 9.17) is 10.5 Å². The third kappa shape index (κ3) is 7.94. The van der Waals surface area contributed by atoms with Crippen LogP contribution >= 0.6 is 11.8 Å². The Morgan fingerprint density at radius 2 is 2.00 bits per heavy atom. The molecule has 0 bridgehead atoms. The van der Waals surface area contributed by atoms with Crippen molar-refractivity contribution in [1.29, 1.82) is 0 Å². The second kappa shape index (κ2) is 10.4. The van der Waals surface area contributed by atoms with Crippen LogP contribution in [0.5, 0.6) is 5.75 Å². The van der Waals surface area contributed by atoms with Gasteiger partial charge in [-0.3, -0.25) is 4.79 Å². The normalized spacial score (nSPS) is 10.2. The first kappa shape index (κ1) is 16.7. The summed E-state index contributed by atoms with van der Waals surface area (Å²) in [6.07, 6.45) is 5.93. The topological polar surface area (TPSA) is 64.3 Å². The number of hydrogen-bond acceptors (Lipinski definition) is 4. The van der Waals surface area contributed by atoms with Crippen LogP contribution in [0.25, 0.3) is 0 Å². The number of unbranched alkanes of at least 4 members (excludes halogenated alkanes) is 2. The Morgan fingerprint density at radius 3 is 2.70 bits per heavy atom. The smallest absolute Gasteiger partial charge is 0.223 e. The van der Waals surface area contributed by atoms with Gasteiger partial charge in [-0.1, -0.05) is 6.42 Å². The summed E-state index contributed by atoms with van der Waals surface area (Å²) < 4.78 is 5.47. The molecule has 0 aromatic heterocycles. The molecule has 1 aromatic carbocycles. The lowest BCUT2D eigenvalue weighted by Gasteiger charge is -2.07. The van der Waals surface area contributed by atoms with E-state index in [1.807, 2.05) is 11.8 Å². The van der Waals surface area contributed by atoms with E-state index in [1.54, 1.807) is 24.3 Å². The third-order valence-electron chi connectivity index (χ3n) is 2.83. The summed E-state index contributed by atoms with van der Waals surface area (Å²) in [6.45, 7) is 1.15. The molecule has 0 saturated carbocycles. The predicted molar refractivity (Wildman–Crippen MR) is 86.2 cm³/mol. The van der Waals surface area contributed by atoms with Gasteiger partial charge in [0, 0.05) is 12.2 Å². The van der Waals surface area contributed by atoms with Gasteiger partial charge in [0.1, 0.15) is 5.75 Å². The van der Waals surface area contributed by atoms with Gasteiger partial charge < -0.3 is 15.8 Å². The number of anilines is 1. The van der Waals surface area contributed by atoms with Crippen LogP contribution in [0.4, 0.5) is 5.69 Å². The van der Waals surface area contributed by atoms with E-state index in [9.17, 15) is 4.79 Å². The minimum Gasteiger partial charge on any atom is -0.493 e. The summed E-state index contributed by atoms with van der Waals surface area (Å²) in [5, 5.41) is 2.91. The minimum atomic E-state index is 0.0466. The molecule has 0 aliphatic carbocycles. The highest BCUT2D eigenvalue weighted by atomic mass is 32.2. The molecule has 5 heteroatoms. The molecule has 20 heavy (non-hydrogen) atoms. The number of carbonyl (C=O) groups excluding carboxylic acids is 1. The molecule has 112 valence electrons. The van der Waals surface area contributed by atoms with E-state index >= 15 is 0 Å². The van der Waals surface area contributed by atoms with Crippen molar-refractivity contribution in [3.8, 4) is 5.75 Å². The molecule has 0 radical (unpaired) electrons. The number of carbonyl (C=O) groups is 1. The van der Waals surface area contributed by atoms with E-state index in [0.29, 0.717) is 18.7 Å². The standard InChI is InChI=1S/C15H24N2O2S/c1-20-12-4-2-3-10-17-15(18)9-11-19-14-7-5-13(16)6-8-14/h5-8H,2-4,9-12,16H2,1H3,(H,17,18). The second-order valence-electron chi connectivity index (χ2n) is 4.57. The van der Waals surface area contributed by atoms with Crippen molar-refractivity contribution in [2.75, 3.05) is 30.9 Å². The van der Waals surface area contributed by atoms with Crippen molar-refractivity contribution < 1.29 is 9.53 Å². The molecule has 0 unspecified atom stereocenters. The number of nitrogen functional groups attached to an aromatic ring is 1. The van der Waals surface area contributed by atoms with Gasteiger partial charge in [0.25, 0.3) is 0 Å². The first-order chi connectivity index (χ1) is 9.72. The van der Waals surface area contributed by atoms with Crippen LogP contribution in [0.1, 0.15) is 25.7 Å². The Balaban J connectivity index is 2.01. The Kier molecular flexibility index (Phi) is 8.71. The number of hydrogen-bond donors (Lipinski definition) is 2. The summed E-state index contributed by atoms with van der Waals surface area (Å²) in [6, 6.07) is 7.17. The highest BCUT2D eigenvalue weighted by molar-refractivity contribution is 7.98. The van der Waals surface area contributed by atoms with Crippen molar-refractivity contribution in [3.05, 3.63) is 24.3 Å². The van der Waals surface area contributed by atoms with Gasteiger partial charge in [0.05, 0.1) is 13.0 Å². The lowest BCUT2D eigenvalue weighted by Crippen LogP contribution is -2.25. The number of nitrogens with one attached hydrogen (secondary N) is 1. The fourth-order valence-electron chi connectivity index (χ4n) is 1.69. The Morgan fingerprint density at radius 1 is 1.25 bits per heavy atom. The van der Waals surface area contributed by atoms with Gasteiger partial charge in [-0.25, -0.2) is 0 Å². The molecule has 0 fully saturated rings. The second-order valence-corrected chi connectivity index (χ2v) is 5.56. The molecule has 3 N–H and O–H groups in total. The molecule has 0 aliphatic heterocycles. The highest BCUT2D eigenvalue weighted by Crippen LogP contribution is 2.13. The van der Waals surface area contributed by atoms with Crippen LogP contribution in [0.3, 0.4) is 0 Å². The van der Waals surface area contributed by atoms with Gasteiger partial charge >= 0.3 is 0 Å².